The SMILES string of the molecule is Cc1cccc(CC(=O)Cc2ccc(F)cc2)c1. The Labute approximate surface area is 106 Å². The number of hydrogen-bond acceptors (Lipinski definition) is 1. The van der Waals surface area contributed by atoms with E-state index in [1.54, 1.807) is 12.1 Å². The molecule has 0 saturated carbocycles. The van der Waals surface area contributed by atoms with Crippen molar-refractivity contribution in [1.82, 2.24) is 0 Å². The van der Waals surface area contributed by atoms with Crippen molar-refractivity contribution in [2.45, 2.75) is 19.8 Å². The zero-order valence-electron chi connectivity index (χ0n) is 10.3. The fourth-order valence-electron chi connectivity index (χ4n) is 1.94. The highest BCUT2D eigenvalue weighted by atomic mass is 19.1. The lowest BCUT2D eigenvalue weighted by molar-refractivity contribution is -0.117. The molecule has 0 aliphatic rings. The standard InChI is InChI=1S/C16H15FO/c1-12-3-2-4-14(9-12)11-16(18)10-13-5-7-15(17)8-6-13/h2-9H,10-11H2,1H3. The molecule has 2 rings (SSSR count). The first-order valence-corrected chi connectivity index (χ1v) is 5.95. The summed E-state index contributed by atoms with van der Waals surface area (Å²) in [7, 11) is 0. The van der Waals surface area contributed by atoms with Crippen molar-refractivity contribution in [3.63, 3.8) is 0 Å². The number of benzene rings is 2. The van der Waals surface area contributed by atoms with Gasteiger partial charge < -0.3 is 0 Å². The number of carbonyl (C=O) groups excluding carboxylic acids is 1. The zero-order chi connectivity index (χ0) is 13.0. The minimum Gasteiger partial charge on any atom is -0.299 e. The van der Waals surface area contributed by atoms with Crippen LogP contribution >= 0.6 is 0 Å². The van der Waals surface area contributed by atoms with Gasteiger partial charge in [-0.1, -0.05) is 42.0 Å². The third-order valence-electron chi connectivity index (χ3n) is 2.80. The molecule has 0 saturated heterocycles. The van der Waals surface area contributed by atoms with Gasteiger partial charge in [0, 0.05) is 12.8 Å². The van der Waals surface area contributed by atoms with Crippen LogP contribution < -0.4 is 0 Å². The molecule has 1 nitrogen and oxygen atoms in total. The molecule has 0 aromatic heterocycles. The van der Waals surface area contributed by atoms with Gasteiger partial charge in [-0.05, 0) is 30.2 Å². The average Bonchev–Trinajstić information content (AvgIpc) is 2.32. The monoisotopic (exact) mass is 242 g/mol. The van der Waals surface area contributed by atoms with Gasteiger partial charge in [0.25, 0.3) is 0 Å². The van der Waals surface area contributed by atoms with Gasteiger partial charge in [-0.25, -0.2) is 4.39 Å². The first-order chi connectivity index (χ1) is 8.63. The van der Waals surface area contributed by atoms with E-state index in [0.717, 1.165) is 16.7 Å². The molecule has 2 aromatic rings. The van der Waals surface area contributed by atoms with Crippen molar-refractivity contribution in [2.75, 3.05) is 0 Å². The maximum Gasteiger partial charge on any atom is 0.141 e. The summed E-state index contributed by atoms with van der Waals surface area (Å²) in [5.41, 5.74) is 3.04. The fourth-order valence-corrected chi connectivity index (χ4v) is 1.94. The summed E-state index contributed by atoms with van der Waals surface area (Å²) in [6.45, 7) is 2.01. The molecular weight excluding hydrogens is 227 g/mol. The van der Waals surface area contributed by atoms with Gasteiger partial charge in [0.1, 0.15) is 11.6 Å². The van der Waals surface area contributed by atoms with Crippen LogP contribution in [-0.2, 0) is 17.6 Å². The summed E-state index contributed by atoms with van der Waals surface area (Å²) >= 11 is 0. The van der Waals surface area contributed by atoms with Gasteiger partial charge in [-0.15, -0.1) is 0 Å². The number of rotatable bonds is 4. The summed E-state index contributed by atoms with van der Waals surface area (Å²) in [6.07, 6.45) is 0.785. The van der Waals surface area contributed by atoms with Gasteiger partial charge >= 0.3 is 0 Å². The van der Waals surface area contributed by atoms with Gasteiger partial charge in [0.05, 0.1) is 0 Å². The number of Topliss-reactive ketones (excluding diaryl/α,β-unsaturated/α-hetero) is 1. The van der Waals surface area contributed by atoms with E-state index in [1.807, 2.05) is 31.2 Å². The van der Waals surface area contributed by atoms with Crippen molar-refractivity contribution in [2.24, 2.45) is 0 Å². The Morgan fingerprint density at radius 1 is 1.00 bits per heavy atom. The summed E-state index contributed by atoms with van der Waals surface area (Å²) in [6, 6.07) is 14.0. The van der Waals surface area contributed by atoms with Crippen LogP contribution in [0.3, 0.4) is 0 Å². The highest BCUT2D eigenvalue weighted by Gasteiger charge is 2.05. The first kappa shape index (κ1) is 12.5. The lowest BCUT2D eigenvalue weighted by Gasteiger charge is -2.03. The topological polar surface area (TPSA) is 17.1 Å². The Bertz CT molecular complexity index is 543. The highest BCUT2D eigenvalue weighted by molar-refractivity contribution is 5.83. The van der Waals surface area contributed by atoms with Crippen LogP contribution in [-0.4, -0.2) is 5.78 Å². The molecule has 0 fully saturated rings. The van der Waals surface area contributed by atoms with E-state index in [2.05, 4.69) is 0 Å². The summed E-state index contributed by atoms with van der Waals surface area (Å²) in [4.78, 5) is 11.9. The largest absolute Gasteiger partial charge is 0.299 e. The first-order valence-electron chi connectivity index (χ1n) is 5.95. The molecule has 0 aliphatic carbocycles. The van der Waals surface area contributed by atoms with Gasteiger partial charge in [-0.2, -0.15) is 0 Å². The van der Waals surface area contributed by atoms with Crippen molar-refractivity contribution in [3.8, 4) is 0 Å². The third-order valence-corrected chi connectivity index (χ3v) is 2.80. The third kappa shape index (κ3) is 3.52. The maximum atomic E-state index is 12.7. The number of hydrogen-bond donors (Lipinski definition) is 0. The van der Waals surface area contributed by atoms with Crippen molar-refractivity contribution >= 4 is 5.78 Å². The molecule has 18 heavy (non-hydrogen) atoms. The van der Waals surface area contributed by atoms with Crippen molar-refractivity contribution in [1.29, 1.82) is 0 Å². The normalized spacial score (nSPS) is 10.3. The van der Waals surface area contributed by atoms with E-state index in [4.69, 9.17) is 0 Å². The number of ketones is 1. The Morgan fingerprint density at radius 3 is 2.33 bits per heavy atom. The van der Waals surface area contributed by atoms with Crippen LogP contribution in [0.1, 0.15) is 16.7 Å². The second-order valence-electron chi connectivity index (χ2n) is 4.51. The molecule has 0 N–H and O–H groups in total. The Kier molecular flexibility index (Phi) is 3.88. The molecule has 0 aliphatic heterocycles. The predicted octanol–water partition coefficient (Wildman–Crippen LogP) is 3.49. The van der Waals surface area contributed by atoms with Crippen LogP contribution in [0.4, 0.5) is 4.39 Å². The van der Waals surface area contributed by atoms with E-state index >= 15 is 0 Å². The smallest absolute Gasteiger partial charge is 0.141 e. The number of carbonyl (C=O) groups is 1. The molecular formula is C16H15FO. The van der Waals surface area contributed by atoms with E-state index < -0.39 is 0 Å². The van der Waals surface area contributed by atoms with Gasteiger partial charge in [0.2, 0.25) is 0 Å². The molecule has 92 valence electrons. The van der Waals surface area contributed by atoms with Gasteiger partial charge in [0.15, 0.2) is 0 Å². The van der Waals surface area contributed by atoms with Crippen LogP contribution in [0.2, 0.25) is 0 Å². The summed E-state index contributed by atoms with van der Waals surface area (Å²) in [5.74, 6) is -0.128. The maximum absolute atomic E-state index is 12.7. The summed E-state index contributed by atoms with van der Waals surface area (Å²) < 4.78 is 12.7. The molecule has 2 aromatic carbocycles. The van der Waals surface area contributed by atoms with Crippen molar-refractivity contribution in [3.05, 3.63) is 71.0 Å². The number of aryl methyl sites for hydroxylation is 1. The molecule has 0 spiro atoms. The fraction of sp³-hybridized carbons (Fsp3) is 0.188. The molecule has 2 heteroatoms. The second kappa shape index (κ2) is 5.58. The molecule has 0 unspecified atom stereocenters. The van der Waals surface area contributed by atoms with E-state index in [-0.39, 0.29) is 11.6 Å². The minimum atomic E-state index is -0.273. The van der Waals surface area contributed by atoms with Crippen LogP contribution in [0.25, 0.3) is 0 Å². The lowest BCUT2D eigenvalue weighted by Crippen LogP contribution is -2.06. The van der Waals surface area contributed by atoms with E-state index in [0.29, 0.717) is 12.8 Å². The zero-order valence-corrected chi connectivity index (χ0v) is 10.3. The molecule has 0 heterocycles. The minimum absolute atomic E-state index is 0.146. The van der Waals surface area contributed by atoms with E-state index in [1.165, 1.54) is 12.1 Å². The summed E-state index contributed by atoms with van der Waals surface area (Å²) in [5, 5.41) is 0. The quantitative estimate of drug-likeness (QED) is 0.802. The Balaban J connectivity index is 1.98. The van der Waals surface area contributed by atoms with E-state index in [9.17, 15) is 9.18 Å². The molecule has 0 radical (unpaired) electrons. The second-order valence-corrected chi connectivity index (χ2v) is 4.51. The lowest BCUT2D eigenvalue weighted by atomic mass is 10.0. The number of halogens is 1. The molecule has 0 bridgehead atoms. The van der Waals surface area contributed by atoms with Crippen molar-refractivity contribution < 1.29 is 9.18 Å². The van der Waals surface area contributed by atoms with Gasteiger partial charge in [-0.3, -0.25) is 4.79 Å². The van der Waals surface area contributed by atoms with Crippen LogP contribution in [0, 0.1) is 12.7 Å². The molecule has 0 amide bonds. The van der Waals surface area contributed by atoms with Crippen LogP contribution in [0.15, 0.2) is 48.5 Å². The predicted molar refractivity (Wildman–Crippen MR) is 70.0 cm³/mol. The Morgan fingerprint density at radius 2 is 1.67 bits per heavy atom. The highest BCUT2D eigenvalue weighted by Crippen LogP contribution is 2.09. The Hall–Kier alpha value is -1.96. The van der Waals surface area contributed by atoms with Crippen LogP contribution in [0.5, 0.6) is 0 Å². The molecule has 0 atom stereocenters. The average molecular weight is 242 g/mol.